The first-order valence-electron chi connectivity index (χ1n) is 10.3. The molecule has 1 unspecified atom stereocenters. The summed E-state index contributed by atoms with van der Waals surface area (Å²) in [7, 11) is 3.70. The SMILES string of the molecule is CCC1CCCCN1CCNC(=NCc1nnc(C)n1C)NCCCOC. The van der Waals surface area contributed by atoms with Gasteiger partial charge in [-0.15, -0.1) is 10.2 Å². The summed E-state index contributed by atoms with van der Waals surface area (Å²) in [6, 6.07) is 0.734. The largest absolute Gasteiger partial charge is 0.385 e. The molecule has 27 heavy (non-hydrogen) atoms. The van der Waals surface area contributed by atoms with E-state index in [0.717, 1.165) is 56.3 Å². The first kappa shape index (κ1) is 21.6. The van der Waals surface area contributed by atoms with Crippen molar-refractivity contribution >= 4 is 5.96 Å². The number of aromatic nitrogens is 3. The molecule has 8 nitrogen and oxygen atoms in total. The number of aryl methyl sites for hydroxylation is 1. The van der Waals surface area contributed by atoms with E-state index in [4.69, 9.17) is 9.73 Å². The molecule has 1 aliphatic rings. The molecule has 1 aliphatic heterocycles. The van der Waals surface area contributed by atoms with Crippen LogP contribution in [0.25, 0.3) is 0 Å². The minimum absolute atomic E-state index is 0.512. The van der Waals surface area contributed by atoms with E-state index >= 15 is 0 Å². The third-order valence-electron chi connectivity index (χ3n) is 5.29. The Balaban J connectivity index is 1.86. The highest BCUT2D eigenvalue weighted by molar-refractivity contribution is 5.79. The Kier molecular flexibility index (Phi) is 9.55. The number of hydrogen-bond acceptors (Lipinski definition) is 5. The molecule has 1 fully saturated rings. The Morgan fingerprint density at radius 1 is 1.26 bits per heavy atom. The van der Waals surface area contributed by atoms with E-state index in [-0.39, 0.29) is 0 Å². The Morgan fingerprint density at radius 2 is 2.07 bits per heavy atom. The number of methoxy groups -OCH3 is 1. The fraction of sp³-hybridized carbons (Fsp3) is 0.842. The Morgan fingerprint density at radius 3 is 2.78 bits per heavy atom. The van der Waals surface area contributed by atoms with Crippen molar-refractivity contribution in [2.45, 2.75) is 58.5 Å². The van der Waals surface area contributed by atoms with Crippen LogP contribution in [0.15, 0.2) is 4.99 Å². The minimum atomic E-state index is 0.512. The van der Waals surface area contributed by atoms with Crippen LogP contribution < -0.4 is 10.6 Å². The number of guanidine groups is 1. The first-order chi connectivity index (χ1) is 13.2. The number of rotatable bonds is 10. The van der Waals surface area contributed by atoms with Crippen molar-refractivity contribution in [3.05, 3.63) is 11.6 Å². The molecule has 1 aromatic heterocycles. The number of aliphatic imine (C=N–C) groups is 1. The van der Waals surface area contributed by atoms with E-state index in [1.165, 1.54) is 32.2 Å². The molecule has 2 heterocycles. The fourth-order valence-electron chi connectivity index (χ4n) is 3.47. The smallest absolute Gasteiger partial charge is 0.191 e. The molecule has 8 heteroatoms. The highest BCUT2D eigenvalue weighted by Crippen LogP contribution is 2.18. The van der Waals surface area contributed by atoms with Gasteiger partial charge in [0.05, 0.1) is 0 Å². The van der Waals surface area contributed by atoms with E-state index in [9.17, 15) is 0 Å². The Hall–Kier alpha value is -1.67. The molecule has 1 saturated heterocycles. The minimum Gasteiger partial charge on any atom is -0.385 e. The molecule has 0 saturated carbocycles. The lowest BCUT2D eigenvalue weighted by Gasteiger charge is -2.35. The van der Waals surface area contributed by atoms with Crippen LogP contribution in [-0.4, -0.2) is 71.6 Å². The maximum absolute atomic E-state index is 5.13. The molecule has 0 aromatic carbocycles. The van der Waals surface area contributed by atoms with Gasteiger partial charge in [0.2, 0.25) is 0 Å². The normalized spacial score (nSPS) is 18.7. The van der Waals surface area contributed by atoms with Crippen LogP contribution in [0, 0.1) is 6.92 Å². The second kappa shape index (κ2) is 11.9. The summed E-state index contributed by atoms with van der Waals surface area (Å²) >= 11 is 0. The Bertz CT molecular complexity index is 572. The molecule has 0 spiro atoms. The predicted molar refractivity (Wildman–Crippen MR) is 109 cm³/mol. The average molecular weight is 380 g/mol. The van der Waals surface area contributed by atoms with Gasteiger partial charge in [-0.2, -0.15) is 0 Å². The Labute approximate surface area is 163 Å². The summed E-state index contributed by atoms with van der Waals surface area (Å²) in [5.74, 6) is 2.60. The molecule has 0 aliphatic carbocycles. The monoisotopic (exact) mass is 379 g/mol. The first-order valence-corrected chi connectivity index (χ1v) is 10.3. The lowest BCUT2D eigenvalue weighted by molar-refractivity contribution is 0.147. The molecular weight excluding hydrogens is 342 g/mol. The summed E-state index contributed by atoms with van der Waals surface area (Å²) in [5.41, 5.74) is 0. The van der Waals surface area contributed by atoms with Crippen LogP contribution in [0.3, 0.4) is 0 Å². The summed E-state index contributed by atoms with van der Waals surface area (Å²) < 4.78 is 7.11. The summed E-state index contributed by atoms with van der Waals surface area (Å²) in [4.78, 5) is 7.32. The van der Waals surface area contributed by atoms with Crippen molar-refractivity contribution in [3.63, 3.8) is 0 Å². The zero-order valence-corrected chi connectivity index (χ0v) is 17.5. The van der Waals surface area contributed by atoms with Gasteiger partial charge in [-0.05, 0) is 39.2 Å². The number of likely N-dealkylation sites (tertiary alicyclic amines) is 1. The fourth-order valence-corrected chi connectivity index (χ4v) is 3.47. The zero-order valence-electron chi connectivity index (χ0n) is 17.5. The van der Waals surface area contributed by atoms with E-state index in [0.29, 0.717) is 6.54 Å². The highest BCUT2D eigenvalue weighted by Gasteiger charge is 2.20. The summed E-state index contributed by atoms with van der Waals surface area (Å²) in [5, 5.41) is 15.2. The third-order valence-corrected chi connectivity index (χ3v) is 5.29. The lowest BCUT2D eigenvalue weighted by Crippen LogP contribution is -2.46. The molecule has 0 bridgehead atoms. The zero-order chi connectivity index (χ0) is 19.5. The van der Waals surface area contributed by atoms with Crippen molar-refractivity contribution in [3.8, 4) is 0 Å². The summed E-state index contributed by atoms with van der Waals surface area (Å²) in [6.45, 7) is 9.50. The van der Waals surface area contributed by atoms with E-state index in [2.05, 4.69) is 32.7 Å². The molecule has 0 amide bonds. The molecule has 154 valence electrons. The van der Waals surface area contributed by atoms with Crippen molar-refractivity contribution < 1.29 is 4.74 Å². The van der Waals surface area contributed by atoms with Crippen molar-refractivity contribution in [2.75, 3.05) is 39.9 Å². The third kappa shape index (κ3) is 7.10. The van der Waals surface area contributed by atoms with Crippen molar-refractivity contribution in [1.29, 1.82) is 0 Å². The number of piperidine rings is 1. The molecule has 2 N–H and O–H groups in total. The van der Waals surface area contributed by atoms with Gasteiger partial charge in [0.1, 0.15) is 12.4 Å². The lowest BCUT2D eigenvalue weighted by atomic mass is 10.0. The quantitative estimate of drug-likeness (QED) is 0.364. The second-order valence-electron chi connectivity index (χ2n) is 7.18. The summed E-state index contributed by atoms with van der Waals surface area (Å²) in [6.07, 6.45) is 6.20. The van der Waals surface area contributed by atoms with Gasteiger partial charge < -0.3 is 19.9 Å². The molecule has 1 aromatic rings. The van der Waals surface area contributed by atoms with Gasteiger partial charge in [-0.25, -0.2) is 4.99 Å². The maximum atomic E-state index is 5.13. The van der Waals surface area contributed by atoms with E-state index < -0.39 is 0 Å². The number of nitrogens with one attached hydrogen (secondary N) is 2. The number of ether oxygens (including phenoxy) is 1. The van der Waals surface area contributed by atoms with Gasteiger partial charge in [-0.3, -0.25) is 4.90 Å². The van der Waals surface area contributed by atoms with E-state index in [1.54, 1.807) is 7.11 Å². The molecular formula is C19H37N7O. The van der Waals surface area contributed by atoms with Gasteiger partial charge in [0.15, 0.2) is 11.8 Å². The highest BCUT2D eigenvalue weighted by atomic mass is 16.5. The van der Waals surface area contributed by atoms with Gasteiger partial charge in [0, 0.05) is 46.4 Å². The van der Waals surface area contributed by atoms with Crippen LogP contribution in [0.1, 0.15) is 50.7 Å². The number of nitrogens with zero attached hydrogens (tertiary/aromatic N) is 5. The van der Waals surface area contributed by atoms with Gasteiger partial charge >= 0.3 is 0 Å². The van der Waals surface area contributed by atoms with Crippen molar-refractivity contribution in [2.24, 2.45) is 12.0 Å². The van der Waals surface area contributed by atoms with Crippen LogP contribution >= 0.6 is 0 Å². The number of hydrogen-bond donors (Lipinski definition) is 2. The van der Waals surface area contributed by atoms with Gasteiger partial charge in [-0.1, -0.05) is 13.3 Å². The average Bonchev–Trinajstić information content (AvgIpc) is 3.01. The van der Waals surface area contributed by atoms with Crippen LogP contribution in [0.5, 0.6) is 0 Å². The van der Waals surface area contributed by atoms with Crippen LogP contribution in [0.2, 0.25) is 0 Å². The van der Waals surface area contributed by atoms with Crippen LogP contribution in [-0.2, 0) is 18.3 Å². The predicted octanol–water partition coefficient (Wildman–Crippen LogP) is 1.46. The van der Waals surface area contributed by atoms with Crippen molar-refractivity contribution in [1.82, 2.24) is 30.3 Å². The molecule has 0 radical (unpaired) electrons. The maximum Gasteiger partial charge on any atom is 0.191 e. The van der Waals surface area contributed by atoms with Gasteiger partial charge in [0.25, 0.3) is 0 Å². The second-order valence-corrected chi connectivity index (χ2v) is 7.18. The molecule has 1 atom stereocenters. The topological polar surface area (TPSA) is 79.6 Å². The standard InChI is InChI=1S/C19H37N7O/c1-5-17-9-6-7-12-26(17)13-11-21-19(20-10-8-14-27-4)22-15-18-24-23-16(2)25(18)3/h17H,5-15H2,1-4H3,(H2,20,21,22). The molecule has 2 rings (SSSR count). The van der Waals surface area contributed by atoms with E-state index in [1.807, 2.05) is 18.5 Å². The van der Waals surface area contributed by atoms with Crippen LogP contribution in [0.4, 0.5) is 0 Å².